The van der Waals surface area contributed by atoms with E-state index in [1.165, 1.54) is 0 Å². The molecule has 10 heteroatoms. The first-order valence-electron chi connectivity index (χ1n) is 14.8. The second-order valence-electron chi connectivity index (χ2n) is 12.2. The molecular weight excluding hydrogens is 520 g/mol. The predicted octanol–water partition coefficient (Wildman–Crippen LogP) is 2.10. The molecule has 4 N–H and O–H groups in total. The monoisotopic (exact) mass is 566 g/mol. The minimum Gasteiger partial charge on any atom is -0.458 e. The SMILES string of the molecule is CCCC(=O)O[C@@H]1C[C@H]2C[C@@H](O)C[C@@H](C[C@@H](C)/C=C/C=C/C[C@H]3O[C@H](C[C@H]3C)[C@H](O)C[C@H]3OC(=O)[C@@]1(O)[C@H]3O)O2. The van der Waals surface area contributed by atoms with Gasteiger partial charge in [-0.2, -0.15) is 0 Å². The molecule has 12 atom stereocenters. The molecule has 0 aromatic heterocycles. The van der Waals surface area contributed by atoms with Crippen LogP contribution in [0.25, 0.3) is 0 Å². The highest BCUT2D eigenvalue weighted by Gasteiger charge is 2.63. The average molecular weight is 567 g/mol. The van der Waals surface area contributed by atoms with Crippen molar-refractivity contribution in [1.29, 1.82) is 0 Å². The Kier molecular flexibility index (Phi) is 10.5. The molecule has 4 rings (SSSR count). The third-order valence-electron chi connectivity index (χ3n) is 8.72. The van der Waals surface area contributed by atoms with Gasteiger partial charge in [-0.1, -0.05) is 45.1 Å². The molecule has 6 bridgehead atoms. The van der Waals surface area contributed by atoms with Crippen molar-refractivity contribution in [2.24, 2.45) is 11.8 Å². The number of allylic oxidation sites excluding steroid dienone is 3. The van der Waals surface area contributed by atoms with Gasteiger partial charge in [-0.3, -0.25) is 4.79 Å². The summed E-state index contributed by atoms with van der Waals surface area (Å²) in [4.78, 5) is 25.7. The molecule has 0 unspecified atom stereocenters. The maximum absolute atomic E-state index is 13.1. The highest BCUT2D eigenvalue weighted by atomic mass is 16.6. The smallest absolute Gasteiger partial charge is 0.345 e. The molecule has 0 aromatic carbocycles. The van der Waals surface area contributed by atoms with Crippen molar-refractivity contribution in [3.05, 3.63) is 24.3 Å². The lowest BCUT2D eigenvalue weighted by atomic mass is 9.83. The third-order valence-corrected chi connectivity index (χ3v) is 8.72. The zero-order valence-electron chi connectivity index (χ0n) is 23.8. The van der Waals surface area contributed by atoms with Crippen molar-refractivity contribution in [2.75, 3.05) is 0 Å². The molecule has 0 saturated carbocycles. The molecule has 10 nitrogen and oxygen atoms in total. The first-order valence-corrected chi connectivity index (χ1v) is 14.8. The number of carbonyl (C=O) groups is 2. The van der Waals surface area contributed by atoms with E-state index in [1.54, 1.807) is 6.92 Å². The van der Waals surface area contributed by atoms with Gasteiger partial charge in [0, 0.05) is 19.3 Å². The van der Waals surface area contributed by atoms with Crippen molar-refractivity contribution >= 4 is 11.9 Å². The van der Waals surface area contributed by atoms with Crippen LogP contribution < -0.4 is 0 Å². The fourth-order valence-corrected chi connectivity index (χ4v) is 6.46. The van der Waals surface area contributed by atoms with E-state index in [4.69, 9.17) is 18.9 Å². The van der Waals surface area contributed by atoms with Gasteiger partial charge in [0.1, 0.15) is 18.3 Å². The van der Waals surface area contributed by atoms with Crippen LogP contribution in [0.2, 0.25) is 0 Å². The summed E-state index contributed by atoms with van der Waals surface area (Å²) in [5, 5.41) is 44.4. The van der Waals surface area contributed by atoms with Gasteiger partial charge >= 0.3 is 11.9 Å². The topological polar surface area (TPSA) is 152 Å². The standard InChI is InChI=1S/C30H46O10/c1-4-8-27(33)40-26-15-21-14-19(31)13-20(37-21)11-17(2)9-6-5-7-10-23-18(3)12-24(38-23)22(32)16-25-28(34)30(26,36)29(35)39-25/h5-7,9,17-26,28,31-32,34,36H,4,8,10-16H2,1-3H3/b7-5+,9-6+/t17-,18+,19-,20+,21+,22+,23+,24+,25+,26+,28-,30-/m0/s1. The Morgan fingerprint density at radius 1 is 0.975 bits per heavy atom. The molecule has 0 spiro atoms. The summed E-state index contributed by atoms with van der Waals surface area (Å²) >= 11 is 0. The summed E-state index contributed by atoms with van der Waals surface area (Å²) in [5.74, 6) is -1.40. The molecule has 3 fully saturated rings. The minimum atomic E-state index is -2.55. The summed E-state index contributed by atoms with van der Waals surface area (Å²) in [7, 11) is 0. The molecular formula is C30H46O10. The lowest BCUT2D eigenvalue weighted by molar-refractivity contribution is -0.194. The van der Waals surface area contributed by atoms with Crippen molar-refractivity contribution in [1.82, 2.24) is 0 Å². The molecule has 4 aliphatic rings. The number of hydrogen-bond donors (Lipinski definition) is 4. The highest BCUT2D eigenvalue weighted by Crippen LogP contribution is 2.39. The first-order chi connectivity index (χ1) is 19.0. The van der Waals surface area contributed by atoms with Gasteiger partial charge in [-0.25, -0.2) is 4.79 Å². The first kappa shape index (κ1) is 31.1. The number of fused-ring (bicyclic) bond motifs is 6. The number of hydrogen-bond acceptors (Lipinski definition) is 10. The molecule has 226 valence electrons. The van der Waals surface area contributed by atoms with Gasteiger partial charge in [0.15, 0.2) is 0 Å². The lowest BCUT2D eigenvalue weighted by Crippen LogP contribution is -2.58. The molecule has 4 aliphatic heterocycles. The van der Waals surface area contributed by atoms with Crippen molar-refractivity contribution in [3.63, 3.8) is 0 Å². The Morgan fingerprint density at radius 3 is 2.42 bits per heavy atom. The molecule has 0 amide bonds. The average Bonchev–Trinajstić information content (AvgIpc) is 3.35. The van der Waals surface area contributed by atoms with Crippen LogP contribution in [0.15, 0.2) is 24.3 Å². The van der Waals surface area contributed by atoms with Crippen molar-refractivity contribution in [3.8, 4) is 0 Å². The van der Waals surface area contributed by atoms with Crippen LogP contribution in [0.4, 0.5) is 0 Å². The predicted molar refractivity (Wildman–Crippen MR) is 144 cm³/mol. The van der Waals surface area contributed by atoms with Crippen LogP contribution in [-0.2, 0) is 28.5 Å². The van der Waals surface area contributed by atoms with Crippen LogP contribution in [0.1, 0.15) is 78.6 Å². The minimum absolute atomic E-state index is 0.0628. The van der Waals surface area contributed by atoms with Crippen LogP contribution in [0, 0.1) is 11.8 Å². The van der Waals surface area contributed by atoms with Gasteiger partial charge < -0.3 is 39.4 Å². The number of rotatable bonds is 3. The van der Waals surface area contributed by atoms with Gasteiger partial charge in [0.2, 0.25) is 5.60 Å². The molecule has 0 radical (unpaired) electrons. The number of esters is 2. The second-order valence-corrected chi connectivity index (χ2v) is 12.2. The molecule has 40 heavy (non-hydrogen) atoms. The van der Waals surface area contributed by atoms with Crippen LogP contribution in [0.5, 0.6) is 0 Å². The Balaban J connectivity index is 1.62. The van der Waals surface area contributed by atoms with E-state index in [2.05, 4.69) is 19.9 Å². The Morgan fingerprint density at radius 2 is 1.70 bits per heavy atom. The molecule has 0 aliphatic carbocycles. The van der Waals surface area contributed by atoms with E-state index >= 15 is 0 Å². The van der Waals surface area contributed by atoms with E-state index in [0.29, 0.717) is 32.1 Å². The fourth-order valence-electron chi connectivity index (χ4n) is 6.46. The summed E-state index contributed by atoms with van der Waals surface area (Å²) in [6, 6.07) is 0. The van der Waals surface area contributed by atoms with E-state index in [9.17, 15) is 30.0 Å². The lowest BCUT2D eigenvalue weighted by Gasteiger charge is -2.38. The Labute approximate surface area is 236 Å². The third kappa shape index (κ3) is 7.14. The Hall–Kier alpha value is -1.82. The summed E-state index contributed by atoms with van der Waals surface area (Å²) in [6.07, 6.45) is 3.32. The van der Waals surface area contributed by atoms with E-state index < -0.39 is 60.3 Å². The zero-order chi connectivity index (χ0) is 29.0. The maximum atomic E-state index is 13.1. The molecule has 3 saturated heterocycles. The second kappa shape index (κ2) is 13.4. The normalized spacial score (nSPS) is 46.3. The van der Waals surface area contributed by atoms with E-state index in [1.807, 2.05) is 18.2 Å². The summed E-state index contributed by atoms with van der Waals surface area (Å²) in [5.41, 5.74) is -2.55. The molecule has 4 heterocycles. The highest BCUT2D eigenvalue weighted by molar-refractivity contribution is 5.84. The number of carbonyl (C=O) groups excluding carboxylic acids is 2. The van der Waals surface area contributed by atoms with Crippen LogP contribution in [-0.4, -0.2) is 92.9 Å². The number of aliphatic hydroxyl groups is 4. The summed E-state index contributed by atoms with van der Waals surface area (Å²) < 4.78 is 23.4. The van der Waals surface area contributed by atoms with E-state index in [-0.39, 0.29) is 49.7 Å². The Bertz CT molecular complexity index is 935. The van der Waals surface area contributed by atoms with Crippen molar-refractivity contribution in [2.45, 2.75) is 139 Å². The van der Waals surface area contributed by atoms with Gasteiger partial charge in [-0.05, 0) is 50.4 Å². The maximum Gasteiger partial charge on any atom is 0.345 e. The quantitative estimate of drug-likeness (QED) is 0.374. The summed E-state index contributed by atoms with van der Waals surface area (Å²) in [6.45, 7) is 5.92. The molecule has 0 aromatic rings. The van der Waals surface area contributed by atoms with Gasteiger partial charge in [-0.15, -0.1) is 0 Å². The van der Waals surface area contributed by atoms with E-state index in [0.717, 1.165) is 0 Å². The van der Waals surface area contributed by atoms with Crippen LogP contribution >= 0.6 is 0 Å². The largest absolute Gasteiger partial charge is 0.458 e. The zero-order valence-corrected chi connectivity index (χ0v) is 23.8. The van der Waals surface area contributed by atoms with Crippen molar-refractivity contribution < 1.29 is 49.0 Å². The number of aliphatic hydroxyl groups excluding tert-OH is 3. The number of ether oxygens (including phenoxy) is 4. The van der Waals surface area contributed by atoms with Gasteiger partial charge in [0.25, 0.3) is 0 Å². The van der Waals surface area contributed by atoms with Crippen LogP contribution in [0.3, 0.4) is 0 Å². The fraction of sp³-hybridized carbons (Fsp3) is 0.800. The van der Waals surface area contributed by atoms with Gasteiger partial charge in [0.05, 0.1) is 36.6 Å².